The van der Waals surface area contributed by atoms with E-state index >= 15 is 0 Å². The van der Waals surface area contributed by atoms with Gasteiger partial charge in [0.25, 0.3) is 0 Å². The summed E-state index contributed by atoms with van der Waals surface area (Å²) in [6, 6.07) is 0. The molecule has 1 aromatic heterocycles. The van der Waals surface area contributed by atoms with Gasteiger partial charge in [-0.25, -0.2) is 0 Å². The third kappa shape index (κ3) is 3.25. The van der Waals surface area contributed by atoms with Crippen molar-refractivity contribution in [3.63, 3.8) is 0 Å². The van der Waals surface area contributed by atoms with Gasteiger partial charge in [-0.05, 0) is 0 Å². The number of hydrogen-bond acceptors (Lipinski definition) is 6. The quantitative estimate of drug-likeness (QED) is 0.472. The maximum Gasteiger partial charge on any atom is 2.00 e. The Labute approximate surface area is 103 Å². The molecule has 0 aliphatic heterocycles. The SMILES string of the molecule is O=C([O-])c1cnc(C(=O)[O-])cn1.[Ca+2]. The van der Waals surface area contributed by atoms with Gasteiger partial charge in [0.1, 0.15) is 11.4 Å². The number of carbonyl (C=O) groups excluding carboxylic acids is 2. The van der Waals surface area contributed by atoms with Crippen LogP contribution in [0.15, 0.2) is 12.4 Å². The molecule has 0 saturated carbocycles. The molecule has 7 heteroatoms. The van der Waals surface area contributed by atoms with Crippen LogP contribution in [0.5, 0.6) is 0 Å². The summed E-state index contributed by atoms with van der Waals surface area (Å²) >= 11 is 0. The first-order chi connectivity index (χ1) is 5.61. The van der Waals surface area contributed by atoms with Gasteiger partial charge in [-0.1, -0.05) is 0 Å². The summed E-state index contributed by atoms with van der Waals surface area (Å²) in [6.45, 7) is 0. The summed E-state index contributed by atoms with van der Waals surface area (Å²) in [7, 11) is 0. The van der Waals surface area contributed by atoms with Crippen LogP contribution in [0.1, 0.15) is 21.0 Å². The average Bonchev–Trinajstić information content (AvgIpc) is 2.04. The Morgan fingerprint density at radius 3 is 1.46 bits per heavy atom. The van der Waals surface area contributed by atoms with Crippen LogP contribution < -0.4 is 10.2 Å². The van der Waals surface area contributed by atoms with Crippen LogP contribution in [0.25, 0.3) is 0 Å². The summed E-state index contributed by atoms with van der Waals surface area (Å²) in [5, 5.41) is 20.2. The second-order valence-corrected chi connectivity index (χ2v) is 1.86. The van der Waals surface area contributed by atoms with Crippen LogP contribution in [0.4, 0.5) is 0 Å². The van der Waals surface area contributed by atoms with Crippen molar-refractivity contribution < 1.29 is 19.8 Å². The van der Waals surface area contributed by atoms with Crippen LogP contribution in [-0.2, 0) is 0 Å². The molecule has 62 valence electrons. The molecule has 0 aliphatic rings. The van der Waals surface area contributed by atoms with Gasteiger partial charge in [-0.15, -0.1) is 0 Å². The molecule has 0 aromatic carbocycles. The second-order valence-electron chi connectivity index (χ2n) is 1.86. The van der Waals surface area contributed by atoms with E-state index in [2.05, 4.69) is 9.97 Å². The van der Waals surface area contributed by atoms with Gasteiger partial charge in [0.05, 0.1) is 24.3 Å². The minimum atomic E-state index is -1.51. The average molecular weight is 206 g/mol. The van der Waals surface area contributed by atoms with Gasteiger partial charge in [0.2, 0.25) is 0 Å². The topological polar surface area (TPSA) is 106 Å². The Hall–Kier alpha value is -0.720. The molecule has 0 spiro atoms. The fraction of sp³-hybridized carbons (Fsp3) is 0. The van der Waals surface area contributed by atoms with Gasteiger partial charge in [0.15, 0.2) is 0 Å². The van der Waals surface area contributed by atoms with Crippen LogP contribution in [0.3, 0.4) is 0 Å². The van der Waals surface area contributed by atoms with Crippen molar-refractivity contribution in [1.29, 1.82) is 0 Å². The van der Waals surface area contributed by atoms with E-state index in [1.807, 2.05) is 0 Å². The Morgan fingerprint density at radius 2 is 1.31 bits per heavy atom. The number of aromatic nitrogens is 2. The molecule has 1 aromatic rings. The summed E-state index contributed by atoms with van der Waals surface area (Å²) < 4.78 is 0. The molecule has 13 heavy (non-hydrogen) atoms. The third-order valence-corrected chi connectivity index (χ3v) is 1.07. The van der Waals surface area contributed by atoms with Crippen molar-refractivity contribution in [3.05, 3.63) is 23.8 Å². The van der Waals surface area contributed by atoms with Crippen LogP contribution in [0, 0.1) is 0 Å². The number of aromatic carboxylic acids is 2. The molecular formula is C6H2CaN2O4. The number of rotatable bonds is 2. The Balaban J connectivity index is 0.00000144. The van der Waals surface area contributed by atoms with Crippen molar-refractivity contribution in [3.8, 4) is 0 Å². The maximum atomic E-state index is 10.1. The van der Waals surface area contributed by atoms with Crippen molar-refractivity contribution in [1.82, 2.24) is 9.97 Å². The summed E-state index contributed by atoms with van der Waals surface area (Å²) in [6.07, 6.45) is 1.58. The van der Waals surface area contributed by atoms with E-state index in [9.17, 15) is 19.8 Å². The zero-order valence-electron chi connectivity index (χ0n) is 6.39. The molecule has 0 saturated heterocycles. The van der Waals surface area contributed by atoms with E-state index in [1.54, 1.807) is 0 Å². The number of carboxylic acid groups (broad SMARTS) is 2. The second kappa shape index (κ2) is 5.11. The molecule has 6 nitrogen and oxygen atoms in total. The molecule has 1 rings (SSSR count). The molecule has 0 radical (unpaired) electrons. The summed E-state index contributed by atoms with van der Waals surface area (Å²) in [5.41, 5.74) is -0.833. The van der Waals surface area contributed by atoms with Crippen LogP contribution >= 0.6 is 0 Å². The monoisotopic (exact) mass is 206 g/mol. The predicted molar refractivity (Wildman–Crippen MR) is 36.4 cm³/mol. The largest absolute Gasteiger partial charge is 2.00 e. The van der Waals surface area contributed by atoms with E-state index < -0.39 is 23.3 Å². The molecule has 0 fully saturated rings. The normalized spacial score (nSPS) is 8.62. The fourth-order valence-electron chi connectivity index (χ4n) is 0.539. The first-order valence-electron chi connectivity index (χ1n) is 2.86. The van der Waals surface area contributed by atoms with Gasteiger partial charge in [0, 0.05) is 0 Å². The molecule has 0 amide bonds. The summed E-state index contributed by atoms with van der Waals surface area (Å²) in [4.78, 5) is 26.7. The van der Waals surface area contributed by atoms with Crippen LogP contribution in [0.2, 0.25) is 0 Å². The van der Waals surface area contributed by atoms with E-state index in [-0.39, 0.29) is 37.7 Å². The number of hydrogen-bond donors (Lipinski definition) is 0. The Morgan fingerprint density at radius 1 is 1.00 bits per heavy atom. The Bertz CT molecular complexity index is 291. The molecule has 0 atom stereocenters. The molecule has 0 bridgehead atoms. The zero-order chi connectivity index (χ0) is 9.14. The first kappa shape index (κ1) is 12.3. The van der Waals surface area contributed by atoms with Gasteiger partial charge in [-0.3, -0.25) is 9.97 Å². The van der Waals surface area contributed by atoms with Crippen molar-refractivity contribution in [2.75, 3.05) is 0 Å². The van der Waals surface area contributed by atoms with E-state index in [0.717, 1.165) is 12.4 Å². The molecule has 0 unspecified atom stereocenters. The maximum absolute atomic E-state index is 10.1. The molecule has 0 N–H and O–H groups in total. The standard InChI is InChI=1S/C6H4N2O4.Ca/c9-5(10)3-1-7-4(2-8-3)6(11)12;/h1-2H,(H,9,10)(H,11,12);/q;+2/p-2. The smallest absolute Gasteiger partial charge is 0.543 e. The summed E-state index contributed by atoms with van der Waals surface area (Å²) in [5.74, 6) is -3.01. The number of carbonyl (C=O) groups is 2. The first-order valence-corrected chi connectivity index (χ1v) is 2.86. The molecule has 0 aliphatic carbocycles. The van der Waals surface area contributed by atoms with Crippen molar-refractivity contribution in [2.45, 2.75) is 0 Å². The van der Waals surface area contributed by atoms with Crippen molar-refractivity contribution >= 4 is 49.7 Å². The van der Waals surface area contributed by atoms with E-state index in [1.165, 1.54) is 0 Å². The van der Waals surface area contributed by atoms with E-state index in [4.69, 9.17) is 0 Å². The zero-order valence-corrected chi connectivity index (χ0v) is 8.60. The van der Waals surface area contributed by atoms with Gasteiger partial charge in [-0.2, -0.15) is 0 Å². The molecule has 1 heterocycles. The predicted octanol–water partition coefficient (Wildman–Crippen LogP) is -3.18. The van der Waals surface area contributed by atoms with Gasteiger partial charge >= 0.3 is 37.7 Å². The number of carboxylic acids is 2. The Kier molecular flexibility index (Phi) is 4.82. The minimum Gasteiger partial charge on any atom is -0.543 e. The van der Waals surface area contributed by atoms with Crippen molar-refractivity contribution in [2.24, 2.45) is 0 Å². The number of nitrogens with zero attached hydrogens (tertiary/aromatic N) is 2. The van der Waals surface area contributed by atoms with E-state index in [0.29, 0.717) is 0 Å². The molecular weight excluding hydrogens is 204 g/mol. The minimum absolute atomic E-state index is 0. The third-order valence-electron chi connectivity index (χ3n) is 1.07. The van der Waals surface area contributed by atoms with Crippen LogP contribution in [-0.4, -0.2) is 59.6 Å². The fourth-order valence-corrected chi connectivity index (χ4v) is 0.539. The van der Waals surface area contributed by atoms with Gasteiger partial charge < -0.3 is 19.8 Å².